The largest absolute Gasteiger partial charge is 0.395 e. The molecule has 1 atom stereocenters. The zero-order valence-corrected chi connectivity index (χ0v) is 7.03. The van der Waals surface area contributed by atoms with Crippen molar-refractivity contribution in [2.45, 2.75) is 31.9 Å². The Bertz CT molecular complexity index is 113. The summed E-state index contributed by atoms with van der Waals surface area (Å²) in [5.41, 5.74) is 0. The predicted octanol–water partition coefficient (Wildman–Crippen LogP) is -0.176. The van der Waals surface area contributed by atoms with E-state index < -0.39 is 0 Å². The van der Waals surface area contributed by atoms with Gasteiger partial charge in [0.05, 0.1) is 12.7 Å². The highest BCUT2D eigenvalue weighted by Gasteiger charge is 2.28. The van der Waals surface area contributed by atoms with Crippen LogP contribution in [0.4, 0.5) is 0 Å². The Morgan fingerprint density at radius 1 is 1.55 bits per heavy atom. The van der Waals surface area contributed by atoms with Gasteiger partial charge in [-0.1, -0.05) is 0 Å². The van der Waals surface area contributed by atoms with E-state index in [1.807, 2.05) is 0 Å². The van der Waals surface area contributed by atoms with E-state index in [-0.39, 0.29) is 12.7 Å². The molecule has 0 spiro atoms. The van der Waals surface area contributed by atoms with E-state index in [4.69, 9.17) is 10.2 Å². The molecule has 1 rings (SSSR count). The van der Waals surface area contributed by atoms with E-state index in [1.165, 1.54) is 12.8 Å². The van der Waals surface area contributed by atoms with E-state index in [2.05, 4.69) is 4.90 Å². The maximum absolute atomic E-state index is 9.10. The van der Waals surface area contributed by atoms with Crippen LogP contribution in [0.2, 0.25) is 0 Å². The molecule has 66 valence electrons. The zero-order chi connectivity index (χ0) is 8.27. The molecule has 0 aromatic carbocycles. The molecule has 3 nitrogen and oxygen atoms in total. The van der Waals surface area contributed by atoms with Crippen LogP contribution in [0.25, 0.3) is 0 Å². The summed E-state index contributed by atoms with van der Waals surface area (Å²) in [6.45, 7) is 3.39. The Balaban J connectivity index is 2.20. The first kappa shape index (κ1) is 8.97. The van der Waals surface area contributed by atoms with Gasteiger partial charge in [-0.25, -0.2) is 0 Å². The minimum Gasteiger partial charge on any atom is -0.395 e. The molecule has 0 aromatic rings. The number of hydrogen-bond donors (Lipinski definition) is 2. The van der Waals surface area contributed by atoms with E-state index in [0.29, 0.717) is 19.1 Å². The normalized spacial score (nSPS) is 20.7. The molecule has 0 heterocycles. The molecule has 3 heteroatoms. The highest BCUT2D eigenvalue weighted by Crippen LogP contribution is 2.26. The van der Waals surface area contributed by atoms with Crippen LogP contribution < -0.4 is 0 Å². The maximum atomic E-state index is 9.10. The van der Waals surface area contributed by atoms with Crippen LogP contribution in [0.3, 0.4) is 0 Å². The topological polar surface area (TPSA) is 43.7 Å². The van der Waals surface area contributed by atoms with Gasteiger partial charge in [-0.05, 0) is 19.8 Å². The van der Waals surface area contributed by atoms with Crippen molar-refractivity contribution in [2.24, 2.45) is 0 Å². The van der Waals surface area contributed by atoms with Crippen molar-refractivity contribution >= 4 is 0 Å². The van der Waals surface area contributed by atoms with Gasteiger partial charge in [0.1, 0.15) is 0 Å². The van der Waals surface area contributed by atoms with Crippen LogP contribution in [0, 0.1) is 0 Å². The van der Waals surface area contributed by atoms with Crippen molar-refractivity contribution in [3.63, 3.8) is 0 Å². The van der Waals surface area contributed by atoms with Crippen LogP contribution in [-0.2, 0) is 0 Å². The Morgan fingerprint density at radius 2 is 2.18 bits per heavy atom. The summed E-state index contributed by atoms with van der Waals surface area (Å²) in [5, 5.41) is 17.8. The van der Waals surface area contributed by atoms with Gasteiger partial charge in [0, 0.05) is 19.1 Å². The average molecular weight is 159 g/mol. The van der Waals surface area contributed by atoms with Gasteiger partial charge < -0.3 is 10.2 Å². The molecule has 0 saturated heterocycles. The van der Waals surface area contributed by atoms with Gasteiger partial charge >= 0.3 is 0 Å². The van der Waals surface area contributed by atoms with Crippen molar-refractivity contribution in [3.05, 3.63) is 0 Å². The molecule has 11 heavy (non-hydrogen) atoms. The smallest absolute Gasteiger partial charge is 0.0639 e. The van der Waals surface area contributed by atoms with Crippen molar-refractivity contribution in [1.82, 2.24) is 4.90 Å². The lowest BCUT2D eigenvalue weighted by atomic mass is 10.3. The second-order valence-corrected chi connectivity index (χ2v) is 3.30. The molecule has 1 fully saturated rings. The lowest BCUT2D eigenvalue weighted by Crippen LogP contribution is -2.35. The van der Waals surface area contributed by atoms with Crippen LogP contribution in [0.15, 0.2) is 0 Å². The summed E-state index contributed by atoms with van der Waals surface area (Å²) in [6, 6.07) is 0.636. The van der Waals surface area contributed by atoms with Crippen molar-refractivity contribution in [2.75, 3.05) is 19.7 Å². The Labute approximate surface area is 67.6 Å². The zero-order valence-electron chi connectivity index (χ0n) is 7.03. The fourth-order valence-corrected chi connectivity index (χ4v) is 1.33. The third kappa shape index (κ3) is 3.18. The third-order valence-electron chi connectivity index (χ3n) is 1.95. The fourth-order valence-electron chi connectivity index (χ4n) is 1.33. The summed E-state index contributed by atoms with van der Waals surface area (Å²) in [5.74, 6) is 0. The van der Waals surface area contributed by atoms with Gasteiger partial charge in [0.15, 0.2) is 0 Å². The Kier molecular flexibility index (Phi) is 3.30. The lowest BCUT2D eigenvalue weighted by Gasteiger charge is -2.21. The Hall–Kier alpha value is -0.120. The highest BCUT2D eigenvalue weighted by molar-refractivity contribution is 4.84. The fraction of sp³-hybridized carbons (Fsp3) is 1.00. The molecule has 1 aliphatic carbocycles. The quantitative estimate of drug-likeness (QED) is 0.585. The molecule has 0 amide bonds. The molecule has 1 aliphatic rings. The predicted molar refractivity (Wildman–Crippen MR) is 43.4 cm³/mol. The second-order valence-electron chi connectivity index (χ2n) is 3.30. The van der Waals surface area contributed by atoms with Crippen LogP contribution in [-0.4, -0.2) is 47.0 Å². The van der Waals surface area contributed by atoms with Gasteiger partial charge in [0.2, 0.25) is 0 Å². The van der Waals surface area contributed by atoms with Gasteiger partial charge in [-0.15, -0.1) is 0 Å². The minimum atomic E-state index is -0.276. The first-order chi connectivity index (χ1) is 5.24. The van der Waals surface area contributed by atoms with Crippen LogP contribution in [0.5, 0.6) is 0 Å². The van der Waals surface area contributed by atoms with E-state index >= 15 is 0 Å². The molecule has 1 saturated carbocycles. The SMILES string of the molecule is C[C@H](O)CN(CCO)C1CC1. The summed E-state index contributed by atoms with van der Waals surface area (Å²) in [4.78, 5) is 2.16. The first-order valence-corrected chi connectivity index (χ1v) is 4.27. The van der Waals surface area contributed by atoms with Gasteiger partial charge in [-0.2, -0.15) is 0 Å². The average Bonchev–Trinajstić information content (AvgIpc) is 2.66. The van der Waals surface area contributed by atoms with E-state index in [0.717, 1.165) is 0 Å². The minimum absolute atomic E-state index is 0.198. The van der Waals surface area contributed by atoms with Crippen molar-refractivity contribution in [3.8, 4) is 0 Å². The van der Waals surface area contributed by atoms with Crippen LogP contribution >= 0.6 is 0 Å². The van der Waals surface area contributed by atoms with Gasteiger partial charge in [-0.3, -0.25) is 4.90 Å². The third-order valence-corrected chi connectivity index (χ3v) is 1.95. The monoisotopic (exact) mass is 159 g/mol. The number of aliphatic hydroxyl groups excluding tert-OH is 2. The van der Waals surface area contributed by atoms with Crippen LogP contribution in [0.1, 0.15) is 19.8 Å². The van der Waals surface area contributed by atoms with E-state index in [1.54, 1.807) is 6.92 Å². The van der Waals surface area contributed by atoms with Crippen molar-refractivity contribution in [1.29, 1.82) is 0 Å². The number of aliphatic hydroxyl groups is 2. The summed E-state index contributed by atoms with van der Waals surface area (Å²) in [6.07, 6.45) is 2.18. The van der Waals surface area contributed by atoms with Gasteiger partial charge in [0.25, 0.3) is 0 Å². The number of rotatable bonds is 5. The molecule has 0 radical (unpaired) electrons. The summed E-state index contributed by atoms with van der Waals surface area (Å²) in [7, 11) is 0. The standard InChI is InChI=1S/C8H17NO2/c1-7(11)6-9(4-5-10)8-2-3-8/h7-8,10-11H,2-6H2,1H3/t7-/m0/s1. The molecular formula is C8H17NO2. The Morgan fingerprint density at radius 3 is 2.55 bits per heavy atom. The van der Waals surface area contributed by atoms with E-state index in [9.17, 15) is 0 Å². The summed E-state index contributed by atoms with van der Waals surface area (Å²) >= 11 is 0. The second kappa shape index (κ2) is 4.04. The highest BCUT2D eigenvalue weighted by atomic mass is 16.3. The summed E-state index contributed by atoms with van der Waals surface area (Å²) < 4.78 is 0. The molecule has 0 aliphatic heterocycles. The molecular weight excluding hydrogens is 142 g/mol. The first-order valence-electron chi connectivity index (χ1n) is 4.27. The maximum Gasteiger partial charge on any atom is 0.0639 e. The molecule has 0 unspecified atom stereocenters. The lowest BCUT2D eigenvalue weighted by molar-refractivity contribution is 0.106. The number of hydrogen-bond acceptors (Lipinski definition) is 3. The number of nitrogens with zero attached hydrogens (tertiary/aromatic N) is 1. The molecule has 0 aromatic heterocycles. The van der Waals surface area contributed by atoms with Crippen molar-refractivity contribution < 1.29 is 10.2 Å². The molecule has 2 N–H and O–H groups in total. The molecule has 0 bridgehead atoms.